The van der Waals surface area contributed by atoms with E-state index in [0.717, 1.165) is 23.3 Å². The number of fused-ring (bicyclic) bond motifs is 1. The number of hydrogen-bond acceptors (Lipinski definition) is 3. The van der Waals surface area contributed by atoms with Gasteiger partial charge in [0, 0.05) is 6.42 Å². The van der Waals surface area contributed by atoms with Crippen molar-refractivity contribution in [1.82, 2.24) is 0 Å². The van der Waals surface area contributed by atoms with Crippen LogP contribution < -0.4 is 4.74 Å². The number of benzene rings is 1. The lowest BCUT2D eigenvalue weighted by atomic mass is 9.88. The summed E-state index contributed by atoms with van der Waals surface area (Å²) in [5.41, 5.74) is 2.11. The molecule has 0 saturated carbocycles. The van der Waals surface area contributed by atoms with Gasteiger partial charge in [0.25, 0.3) is 0 Å². The van der Waals surface area contributed by atoms with Crippen LogP contribution in [0.25, 0.3) is 0 Å². The average molecular weight is 307 g/mol. The van der Waals surface area contributed by atoms with E-state index in [4.69, 9.17) is 16.3 Å². The molecule has 1 aromatic heterocycles. The number of ether oxygens (including phenoxy) is 1. The van der Waals surface area contributed by atoms with E-state index in [-0.39, 0.29) is 11.7 Å². The Hall–Kier alpha value is -1.32. The number of hydrogen-bond donors (Lipinski definition) is 0. The van der Waals surface area contributed by atoms with Gasteiger partial charge >= 0.3 is 0 Å². The third-order valence-electron chi connectivity index (χ3n) is 3.67. The molecule has 20 heavy (non-hydrogen) atoms. The molecule has 2 nitrogen and oxygen atoms in total. The van der Waals surface area contributed by atoms with Gasteiger partial charge in [-0.05, 0) is 41.8 Å². The van der Waals surface area contributed by atoms with Crippen molar-refractivity contribution in [2.45, 2.75) is 25.7 Å². The molecule has 2 heterocycles. The minimum atomic E-state index is 0.134. The lowest BCUT2D eigenvalue weighted by molar-refractivity contribution is 0.0970. The number of halogens is 1. The molecule has 1 aromatic carbocycles. The average Bonchev–Trinajstić information content (AvgIpc) is 2.79. The molecule has 1 aliphatic rings. The maximum atomic E-state index is 12.4. The summed E-state index contributed by atoms with van der Waals surface area (Å²) in [7, 11) is 0. The number of carbonyl (C=O) groups is 1. The van der Waals surface area contributed by atoms with Crippen LogP contribution in [0.5, 0.6) is 5.75 Å². The topological polar surface area (TPSA) is 26.3 Å². The van der Waals surface area contributed by atoms with E-state index >= 15 is 0 Å². The minimum Gasteiger partial charge on any atom is -0.493 e. The highest BCUT2D eigenvalue weighted by Gasteiger charge is 2.25. The summed E-state index contributed by atoms with van der Waals surface area (Å²) in [6.45, 7) is 2.60. The van der Waals surface area contributed by atoms with E-state index in [1.54, 1.807) is 0 Å². The van der Waals surface area contributed by atoms with Gasteiger partial charge in [-0.15, -0.1) is 11.3 Å². The summed E-state index contributed by atoms with van der Waals surface area (Å²) in [6, 6.07) is 7.97. The monoisotopic (exact) mass is 306 g/mol. The lowest BCUT2D eigenvalue weighted by Gasteiger charge is -2.25. The SMILES string of the molecule is Cc1csc(C(=O)CC2CCOc3ccccc32)c1Cl. The van der Waals surface area contributed by atoms with Crippen LogP contribution in [0.3, 0.4) is 0 Å². The highest BCUT2D eigenvalue weighted by molar-refractivity contribution is 7.13. The highest BCUT2D eigenvalue weighted by Crippen LogP contribution is 2.37. The Morgan fingerprint density at radius 1 is 1.45 bits per heavy atom. The predicted octanol–water partition coefficient (Wildman–Crippen LogP) is 4.85. The van der Waals surface area contributed by atoms with E-state index in [9.17, 15) is 4.79 Å². The van der Waals surface area contributed by atoms with E-state index in [2.05, 4.69) is 0 Å². The summed E-state index contributed by atoms with van der Waals surface area (Å²) < 4.78 is 5.63. The molecule has 0 spiro atoms. The number of thiophene rings is 1. The molecule has 1 unspecified atom stereocenters. The second-order valence-electron chi connectivity index (χ2n) is 5.06. The maximum Gasteiger partial charge on any atom is 0.174 e. The maximum absolute atomic E-state index is 12.4. The molecule has 0 bridgehead atoms. The van der Waals surface area contributed by atoms with Crippen molar-refractivity contribution in [3.05, 3.63) is 50.7 Å². The predicted molar refractivity (Wildman–Crippen MR) is 82.3 cm³/mol. The molecule has 2 aromatic rings. The standard InChI is InChI=1S/C16H15ClO2S/c1-10-9-20-16(15(10)17)13(18)8-11-6-7-19-14-5-3-2-4-12(11)14/h2-5,9,11H,6-8H2,1H3. The van der Waals surface area contributed by atoms with Gasteiger partial charge in [-0.3, -0.25) is 4.79 Å². The molecule has 1 aliphatic heterocycles. The molecule has 0 aliphatic carbocycles. The number of carbonyl (C=O) groups excluding carboxylic acids is 1. The molecule has 0 fully saturated rings. The van der Waals surface area contributed by atoms with Gasteiger partial charge in [-0.25, -0.2) is 0 Å². The van der Waals surface area contributed by atoms with Crippen LogP contribution in [-0.2, 0) is 0 Å². The number of aryl methyl sites for hydroxylation is 1. The molecular weight excluding hydrogens is 292 g/mol. The van der Waals surface area contributed by atoms with Crippen molar-refractivity contribution in [2.24, 2.45) is 0 Å². The summed E-state index contributed by atoms with van der Waals surface area (Å²) in [6.07, 6.45) is 1.38. The van der Waals surface area contributed by atoms with Crippen LogP contribution in [0.15, 0.2) is 29.6 Å². The normalized spacial score (nSPS) is 17.4. The number of para-hydroxylation sites is 1. The van der Waals surface area contributed by atoms with Gasteiger partial charge in [0.15, 0.2) is 5.78 Å². The molecule has 4 heteroatoms. The molecule has 0 radical (unpaired) electrons. The number of ketones is 1. The van der Waals surface area contributed by atoms with E-state index in [1.807, 2.05) is 36.6 Å². The smallest absolute Gasteiger partial charge is 0.174 e. The first kappa shape index (κ1) is 13.7. The quantitative estimate of drug-likeness (QED) is 0.758. The third kappa shape index (κ3) is 2.48. The van der Waals surface area contributed by atoms with Crippen molar-refractivity contribution < 1.29 is 9.53 Å². The number of Topliss-reactive ketones (excluding diaryl/α,β-unsaturated/α-hetero) is 1. The van der Waals surface area contributed by atoms with Crippen LogP contribution in [-0.4, -0.2) is 12.4 Å². The first-order valence-corrected chi connectivity index (χ1v) is 7.91. The summed E-state index contributed by atoms with van der Waals surface area (Å²) in [4.78, 5) is 13.1. The summed E-state index contributed by atoms with van der Waals surface area (Å²) in [5, 5.41) is 2.55. The Balaban J connectivity index is 1.82. The van der Waals surface area contributed by atoms with Crippen LogP contribution in [0.4, 0.5) is 0 Å². The Labute approximate surface area is 127 Å². The number of rotatable bonds is 3. The van der Waals surface area contributed by atoms with Gasteiger partial charge in [-0.1, -0.05) is 29.8 Å². The van der Waals surface area contributed by atoms with Crippen molar-refractivity contribution in [2.75, 3.05) is 6.61 Å². The van der Waals surface area contributed by atoms with Crippen LogP contribution in [0, 0.1) is 6.92 Å². The van der Waals surface area contributed by atoms with Crippen LogP contribution >= 0.6 is 22.9 Å². The fourth-order valence-electron chi connectivity index (χ4n) is 2.56. The first-order chi connectivity index (χ1) is 9.66. The molecule has 1 atom stereocenters. The van der Waals surface area contributed by atoms with E-state index in [0.29, 0.717) is 22.9 Å². The molecule has 3 rings (SSSR count). The molecular formula is C16H15ClO2S. The van der Waals surface area contributed by atoms with Crippen molar-refractivity contribution >= 4 is 28.7 Å². The molecule has 0 N–H and O–H groups in total. The van der Waals surface area contributed by atoms with Gasteiger partial charge in [0.1, 0.15) is 5.75 Å². The zero-order chi connectivity index (χ0) is 14.1. The molecule has 0 saturated heterocycles. The second kappa shape index (κ2) is 5.58. The largest absolute Gasteiger partial charge is 0.493 e. The summed E-state index contributed by atoms with van der Waals surface area (Å²) >= 11 is 7.63. The van der Waals surface area contributed by atoms with Gasteiger partial charge in [-0.2, -0.15) is 0 Å². The highest BCUT2D eigenvalue weighted by atomic mass is 35.5. The first-order valence-electron chi connectivity index (χ1n) is 6.65. The third-order valence-corrected chi connectivity index (χ3v) is 5.40. The fraction of sp³-hybridized carbons (Fsp3) is 0.312. The van der Waals surface area contributed by atoms with Crippen LogP contribution in [0.1, 0.15) is 39.6 Å². The van der Waals surface area contributed by atoms with Gasteiger partial charge < -0.3 is 4.74 Å². The second-order valence-corrected chi connectivity index (χ2v) is 6.32. The Kier molecular flexibility index (Phi) is 3.81. The fourth-order valence-corrected chi connectivity index (χ4v) is 3.81. The van der Waals surface area contributed by atoms with E-state index in [1.165, 1.54) is 11.3 Å². The zero-order valence-electron chi connectivity index (χ0n) is 11.2. The molecule has 104 valence electrons. The van der Waals surface area contributed by atoms with Crippen molar-refractivity contribution in [3.63, 3.8) is 0 Å². The van der Waals surface area contributed by atoms with E-state index < -0.39 is 0 Å². The van der Waals surface area contributed by atoms with Gasteiger partial charge in [0.2, 0.25) is 0 Å². The Bertz CT molecular complexity index is 648. The minimum absolute atomic E-state index is 0.134. The van der Waals surface area contributed by atoms with Crippen molar-refractivity contribution in [3.8, 4) is 5.75 Å². The van der Waals surface area contributed by atoms with Crippen LogP contribution in [0.2, 0.25) is 5.02 Å². The lowest BCUT2D eigenvalue weighted by Crippen LogP contribution is -2.17. The Morgan fingerprint density at radius 2 is 2.25 bits per heavy atom. The Morgan fingerprint density at radius 3 is 3.00 bits per heavy atom. The molecule has 0 amide bonds. The van der Waals surface area contributed by atoms with Crippen molar-refractivity contribution in [1.29, 1.82) is 0 Å². The zero-order valence-corrected chi connectivity index (χ0v) is 12.8. The van der Waals surface area contributed by atoms with Gasteiger partial charge in [0.05, 0.1) is 16.5 Å². The summed E-state index contributed by atoms with van der Waals surface area (Å²) in [5.74, 6) is 1.27.